The van der Waals surface area contributed by atoms with E-state index in [9.17, 15) is 4.79 Å². The Labute approximate surface area is 99.1 Å². The number of nitrogens with zero attached hydrogens (tertiary/aromatic N) is 3. The molecule has 4 heteroatoms. The summed E-state index contributed by atoms with van der Waals surface area (Å²) in [6.45, 7) is 1.89. The molecule has 2 aromatic rings. The maximum absolute atomic E-state index is 12.1. The summed E-state index contributed by atoms with van der Waals surface area (Å²) in [7, 11) is 1.80. The van der Waals surface area contributed by atoms with Crippen molar-refractivity contribution in [1.82, 2.24) is 9.55 Å². The number of hydrogen-bond acceptors (Lipinski definition) is 3. The van der Waals surface area contributed by atoms with E-state index < -0.39 is 0 Å². The Balaban J connectivity index is 2.38. The molecular formula is C13H11N3O. The molecule has 1 aromatic heterocycles. The van der Waals surface area contributed by atoms with Gasteiger partial charge < -0.3 is 4.57 Å². The van der Waals surface area contributed by atoms with E-state index in [0.717, 1.165) is 5.69 Å². The average Bonchev–Trinajstić information content (AvgIpc) is 2.69. The number of benzene rings is 1. The zero-order valence-electron chi connectivity index (χ0n) is 9.64. The van der Waals surface area contributed by atoms with E-state index in [1.807, 2.05) is 13.0 Å². The number of nitriles is 1. The quantitative estimate of drug-likeness (QED) is 0.732. The predicted molar refractivity (Wildman–Crippen MR) is 62.5 cm³/mol. The average molecular weight is 225 g/mol. The Morgan fingerprint density at radius 3 is 2.47 bits per heavy atom. The topological polar surface area (TPSA) is 58.7 Å². The summed E-state index contributed by atoms with van der Waals surface area (Å²) in [6, 6.07) is 8.56. The second-order valence-corrected chi connectivity index (χ2v) is 3.80. The third-order valence-corrected chi connectivity index (χ3v) is 2.70. The van der Waals surface area contributed by atoms with Crippen molar-refractivity contribution in [2.75, 3.05) is 0 Å². The van der Waals surface area contributed by atoms with Gasteiger partial charge in [0.25, 0.3) is 0 Å². The van der Waals surface area contributed by atoms with Crippen molar-refractivity contribution in [3.05, 3.63) is 53.1 Å². The van der Waals surface area contributed by atoms with Crippen LogP contribution in [0.2, 0.25) is 0 Å². The number of carbonyl (C=O) groups is 1. The molecule has 0 radical (unpaired) electrons. The first-order chi connectivity index (χ1) is 8.13. The van der Waals surface area contributed by atoms with Crippen molar-refractivity contribution in [3.8, 4) is 6.07 Å². The highest BCUT2D eigenvalue weighted by Gasteiger charge is 2.14. The molecule has 4 nitrogen and oxygen atoms in total. The van der Waals surface area contributed by atoms with Crippen LogP contribution in [-0.2, 0) is 7.05 Å². The van der Waals surface area contributed by atoms with Crippen molar-refractivity contribution < 1.29 is 4.79 Å². The minimum Gasteiger partial charge on any atom is -0.329 e. The fourth-order valence-corrected chi connectivity index (χ4v) is 1.53. The molecule has 1 aromatic carbocycles. The van der Waals surface area contributed by atoms with Gasteiger partial charge in [-0.1, -0.05) is 0 Å². The summed E-state index contributed by atoms with van der Waals surface area (Å²) in [6.07, 6.45) is 1.66. The molecule has 17 heavy (non-hydrogen) atoms. The summed E-state index contributed by atoms with van der Waals surface area (Å²) in [5.74, 6) is 0.275. The molecule has 0 atom stereocenters. The molecule has 0 aliphatic rings. The highest BCUT2D eigenvalue weighted by atomic mass is 16.1. The maximum atomic E-state index is 12.1. The second kappa shape index (κ2) is 4.22. The third-order valence-electron chi connectivity index (χ3n) is 2.70. The molecule has 0 amide bonds. The molecule has 0 unspecified atom stereocenters. The van der Waals surface area contributed by atoms with Crippen LogP contribution in [-0.4, -0.2) is 15.3 Å². The summed E-state index contributed by atoms with van der Waals surface area (Å²) < 4.78 is 1.75. The lowest BCUT2D eigenvalue weighted by Gasteiger charge is -2.02. The van der Waals surface area contributed by atoms with Gasteiger partial charge in [0.05, 0.1) is 11.6 Å². The number of aromatic nitrogens is 2. The first-order valence-electron chi connectivity index (χ1n) is 5.16. The van der Waals surface area contributed by atoms with E-state index >= 15 is 0 Å². The fraction of sp³-hybridized carbons (Fsp3) is 0.154. The molecule has 0 saturated carbocycles. The van der Waals surface area contributed by atoms with Crippen LogP contribution in [0.3, 0.4) is 0 Å². The van der Waals surface area contributed by atoms with Gasteiger partial charge in [-0.3, -0.25) is 4.79 Å². The Morgan fingerprint density at radius 2 is 2.00 bits per heavy atom. The van der Waals surface area contributed by atoms with Gasteiger partial charge in [-0.05, 0) is 31.2 Å². The molecule has 84 valence electrons. The lowest BCUT2D eigenvalue weighted by molar-refractivity contribution is 0.102. The third kappa shape index (κ3) is 1.95. The summed E-state index contributed by atoms with van der Waals surface area (Å²) in [5, 5.41) is 8.68. The smallest absolute Gasteiger partial charge is 0.228 e. The van der Waals surface area contributed by atoms with E-state index in [1.54, 1.807) is 42.1 Å². The molecule has 0 saturated heterocycles. The van der Waals surface area contributed by atoms with Crippen LogP contribution < -0.4 is 0 Å². The van der Waals surface area contributed by atoms with Gasteiger partial charge in [0.15, 0.2) is 5.82 Å². The van der Waals surface area contributed by atoms with Crippen LogP contribution in [0.1, 0.15) is 27.4 Å². The van der Waals surface area contributed by atoms with Crippen LogP contribution in [0.25, 0.3) is 0 Å². The zero-order chi connectivity index (χ0) is 12.4. The van der Waals surface area contributed by atoms with Gasteiger partial charge in [0.1, 0.15) is 0 Å². The molecule has 0 aliphatic carbocycles. The van der Waals surface area contributed by atoms with Crippen molar-refractivity contribution in [2.45, 2.75) is 6.92 Å². The summed E-state index contributed by atoms with van der Waals surface area (Å²) in [4.78, 5) is 16.2. The van der Waals surface area contributed by atoms with Gasteiger partial charge in [-0.2, -0.15) is 5.26 Å². The van der Waals surface area contributed by atoms with Crippen molar-refractivity contribution in [3.63, 3.8) is 0 Å². The predicted octanol–water partition coefficient (Wildman–Crippen LogP) is 1.83. The Bertz CT molecular complexity index is 603. The van der Waals surface area contributed by atoms with Crippen molar-refractivity contribution in [1.29, 1.82) is 5.26 Å². The van der Waals surface area contributed by atoms with Crippen LogP contribution in [0, 0.1) is 18.3 Å². The van der Waals surface area contributed by atoms with E-state index in [2.05, 4.69) is 4.98 Å². The van der Waals surface area contributed by atoms with Crippen molar-refractivity contribution in [2.24, 2.45) is 7.05 Å². The molecule has 1 heterocycles. The number of rotatable bonds is 2. The van der Waals surface area contributed by atoms with E-state index in [0.29, 0.717) is 17.0 Å². The number of carbonyl (C=O) groups excluding carboxylic acids is 1. The van der Waals surface area contributed by atoms with E-state index in [-0.39, 0.29) is 5.78 Å². The first-order valence-corrected chi connectivity index (χ1v) is 5.16. The molecule has 0 fully saturated rings. The Hall–Kier alpha value is -2.41. The zero-order valence-corrected chi connectivity index (χ0v) is 9.64. The minimum absolute atomic E-state index is 0.134. The molecule has 0 bridgehead atoms. The number of imidazole rings is 1. The van der Waals surface area contributed by atoms with Gasteiger partial charge in [0.2, 0.25) is 5.78 Å². The summed E-state index contributed by atoms with van der Waals surface area (Å²) >= 11 is 0. The van der Waals surface area contributed by atoms with Gasteiger partial charge >= 0.3 is 0 Å². The van der Waals surface area contributed by atoms with Gasteiger partial charge in [0, 0.05) is 24.5 Å². The standard InChI is InChI=1S/C13H11N3O/c1-9-8-15-13(16(9)2)12(17)11-5-3-10(7-14)4-6-11/h3-6,8H,1-2H3. The number of hydrogen-bond donors (Lipinski definition) is 0. The maximum Gasteiger partial charge on any atom is 0.228 e. The van der Waals surface area contributed by atoms with E-state index in [4.69, 9.17) is 5.26 Å². The first kappa shape index (κ1) is 11.1. The highest BCUT2D eigenvalue weighted by Crippen LogP contribution is 2.10. The van der Waals surface area contributed by atoms with E-state index in [1.165, 1.54) is 0 Å². The second-order valence-electron chi connectivity index (χ2n) is 3.80. The molecular weight excluding hydrogens is 214 g/mol. The van der Waals surface area contributed by atoms with Gasteiger partial charge in [-0.25, -0.2) is 4.98 Å². The van der Waals surface area contributed by atoms with Gasteiger partial charge in [-0.15, -0.1) is 0 Å². The lowest BCUT2D eigenvalue weighted by atomic mass is 10.1. The highest BCUT2D eigenvalue weighted by molar-refractivity contribution is 6.06. The molecule has 0 N–H and O–H groups in total. The largest absolute Gasteiger partial charge is 0.329 e. The Morgan fingerprint density at radius 1 is 1.35 bits per heavy atom. The molecule has 0 spiro atoms. The van der Waals surface area contributed by atoms with Crippen molar-refractivity contribution >= 4 is 5.78 Å². The molecule has 0 aliphatic heterocycles. The Kier molecular flexibility index (Phi) is 2.75. The van der Waals surface area contributed by atoms with Crippen LogP contribution in [0.5, 0.6) is 0 Å². The number of ketones is 1. The summed E-state index contributed by atoms with van der Waals surface area (Å²) in [5.41, 5.74) is 2.01. The molecule has 2 rings (SSSR count). The SMILES string of the molecule is Cc1cnc(C(=O)c2ccc(C#N)cc2)n1C. The fourth-order valence-electron chi connectivity index (χ4n) is 1.53. The number of aryl methyl sites for hydroxylation is 1. The minimum atomic E-state index is -0.134. The van der Waals surface area contributed by atoms with Crippen LogP contribution in [0.15, 0.2) is 30.5 Å². The normalized spacial score (nSPS) is 9.94. The lowest BCUT2D eigenvalue weighted by Crippen LogP contribution is -2.09. The van der Waals surface area contributed by atoms with Crippen LogP contribution in [0.4, 0.5) is 0 Å². The van der Waals surface area contributed by atoms with Crippen LogP contribution >= 0.6 is 0 Å². The monoisotopic (exact) mass is 225 g/mol.